The number of benzene rings is 1. The molecule has 0 spiro atoms. The van der Waals surface area contributed by atoms with Crippen LogP contribution >= 0.6 is 0 Å². The van der Waals surface area contributed by atoms with Crippen molar-refractivity contribution in [3.05, 3.63) is 35.9 Å². The van der Waals surface area contributed by atoms with E-state index in [-0.39, 0.29) is 0 Å². The second kappa shape index (κ2) is 6.48. The largest absolute Gasteiger partial charge is 0.497 e. The maximum atomic E-state index is 10.5. The number of methoxy groups -OCH3 is 1. The average Bonchev–Trinajstić information content (AvgIpc) is 2.35. The number of aliphatic imine (C=N–C) groups is 1. The summed E-state index contributed by atoms with van der Waals surface area (Å²) in [5, 5.41) is 8.60. The molecule has 0 aliphatic rings. The van der Waals surface area contributed by atoms with Gasteiger partial charge in [-0.05, 0) is 30.7 Å². The Balaban J connectivity index is 2.56. The topological polar surface area (TPSA) is 58.9 Å². The lowest BCUT2D eigenvalue weighted by atomic mass is 10.2. The van der Waals surface area contributed by atoms with Gasteiger partial charge in [0, 0.05) is 6.21 Å². The zero-order valence-electron chi connectivity index (χ0n) is 9.83. The van der Waals surface area contributed by atoms with Crippen LogP contribution in [0.25, 0.3) is 6.08 Å². The number of aliphatic carboxylic acids is 1. The van der Waals surface area contributed by atoms with E-state index in [9.17, 15) is 4.79 Å². The third-order valence-electron chi connectivity index (χ3n) is 2.16. The molecule has 1 atom stereocenters. The van der Waals surface area contributed by atoms with Crippen molar-refractivity contribution in [2.75, 3.05) is 7.11 Å². The number of allylic oxidation sites excluding steroid dienone is 1. The van der Waals surface area contributed by atoms with Gasteiger partial charge in [-0.3, -0.25) is 4.99 Å². The zero-order chi connectivity index (χ0) is 12.7. The van der Waals surface area contributed by atoms with Crippen LogP contribution in [0.1, 0.15) is 12.5 Å². The summed E-state index contributed by atoms with van der Waals surface area (Å²) in [6, 6.07) is 6.82. The molecule has 4 heteroatoms. The van der Waals surface area contributed by atoms with Crippen LogP contribution in [0.15, 0.2) is 35.3 Å². The van der Waals surface area contributed by atoms with Gasteiger partial charge in [-0.25, -0.2) is 4.79 Å². The van der Waals surface area contributed by atoms with Crippen LogP contribution in [0.5, 0.6) is 5.75 Å². The minimum atomic E-state index is -0.931. The lowest BCUT2D eigenvalue weighted by molar-refractivity contribution is -0.137. The van der Waals surface area contributed by atoms with Crippen molar-refractivity contribution in [3.63, 3.8) is 0 Å². The molecule has 0 saturated heterocycles. The SMILES string of the molecule is COc1ccc(/C=C/C=NC(C)C(=O)O)cc1. The molecule has 1 unspecified atom stereocenters. The fourth-order valence-electron chi connectivity index (χ4n) is 1.11. The molecule has 0 saturated carbocycles. The van der Waals surface area contributed by atoms with Gasteiger partial charge in [0.2, 0.25) is 0 Å². The average molecular weight is 233 g/mol. The predicted molar refractivity (Wildman–Crippen MR) is 67.6 cm³/mol. The molecule has 4 nitrogen and oxygen atoms in total. The van der Waals surface area contributed by atoms with Crippen molar-refractivity contribution in [1.29, 1.82) is 0 Å². The third-order valence-corrected chi connectivity index (χ3v) is 2.16. The highest BCUT2D eigenvalue weighted by Gasteiger charge is 2.05. The molecule has 1 rings (SSSR count). The number of carboxylic acids is 1. The first-order valence-corrected chi connectivity index (χ1v) is 5.20. The second-order valence-electron chi connectivity index (χ2n) is 3.44. The molecular formula is C13H15NO3. The molecule has 1 aromatic carbocycles. The number of hydrogen-bond donors (Lipinski definition) is 1. The number of nitrogens with zero attached hydrogens (tertiary/aromatic N) is 1. The Hall–Kier alpha value is -2.10. The van der Waals surface area contributed by atoms with E-state index in [4.69, 9.17) is 9.84 Å². The molecule has 0 fully saturated rings. The fourth-order valence-corrected chi connectivity index (χ4v) is 1.11. The molecule has 0 bridgehead atoms. The highest BCUT2D eigenvalue weighted by molar-refractivity contribution is 5.82. The molecule has 17 heavy (non-hydrogen) atoms. The highest BCUT2D eigenvalue weighted by atomic mass is 16.5. The molecule has 0 amide bonds. The first-order chi connectivity index (χ1) is 8.13. The van der Waals surface area contributed by atoms with Gasteiger partial charge in [0.05, 0.1) is 7.11 Å². The van der Waals surface area contributed by atoms with Gasteiger partial charge in [0.1, 0.15) is 11.8 Å². The molecule has 0 aromatic heterocycles. The summed E-state index contributed by atoms with van der Waals surface area (Å²) in [7, 11) is 1.62. The number of hydrogen-bond acceptors (Lipinski definition) is 3. The standard InChI is InChI=1S/C13H15NO3/c1-10(13(15)16)14-9-3-4-11-5-7-12(17-2)8-6-11/h3-10H,1-2H3,(H,15,16)/b4-3+,14-9?. The summed E-state index contributed by atoms with van der Waals surface area (Å²) in [6.45, 7) is 1.53. The van der Waals surface area contributed by atoms with E-state index in [2.05, 4.69) is 4.99 Å². The van der Waals surface area contributed by atoms with Crippen LogP contribution in [-0.2, 0) is 4.79 Å². The number of carboxylic acid groups (broad SMARTS) is 1. The van der Waals surface area contributed by atoms with Crippen LogP contribution < -0.4 is 4.74 Å². The van der Waals surface area contributed by atoms with E-state index in [1.54, 1.807) is 13.2 Å². The Morgan fingerprint density at radius 1 is 1.41 bits per heavy atom. The maximum Gasteiger partial charge on any atom is 0.328 e. The van der Waals surface area contributed by atoms with Gasteiger partial charge >= 0.3 is 5.97 Å². The van der Waals surface area contributed by atoms with Gasteiger partial charge in [0.15, 0.2) is 0 Å². The monoisotopic (exact) mass is 233 g/mol. The van der Waals surface area contributed by atoms with Gasteiger partial charge in [-0.1, -0.05) is 18.2 Å². The van der Waals surface area contributed by atoms with Crippen molar-refractivity contribution in [2.45, 2.75) is 13.0 Å². The van der Waals surface area contributed by atoms with Crippen molar-refractivity contribution in [2.24, 2.45) is 4.99 Å². The van der Waals surface area contributed by atoms with Gasteiger partial charge in [-0.15, -0.1) is 0 Å². The zero-order valence-corrected chi connectivity index (χ0v) is 9.83. The molecule has 0 heterocycles. The molecule has 0 aliphatic carbocycles. The van der Waals surface area contributed by atoms with E-state index in [1.807, 2.05) is 30.3 Å². The van der Waals surface area contributed by atoms with Crippen molar-refractivity contribution < 1.29 is 14.6 Å². The Kier molecular flexibility index (Phi) is 4.94. The second-order valence-corrected chi connectivity index (χ2v) is 3.44. The summed E-state index contributed by atoms with van der Waals surface area (Å²) >= 11 is 0. The summed E-state index contributed by atoms with van der Waals surface area (Å²) in [5.41, 5.74) is 1.00. The highest BCUT2D eigenvalue weighted by Crippen LogP contribution is 2.11. The molecule has 90 valence electrons. The van der Waals surface area contributed by atoms with Gasteiger partial charge in [-0.2, -0.15) is 0 Å². The molecule has 1 N–H and O–H groups in total. The van der Waals surface area contributed by atoms with Crippen LogP contribution in [-0.4, -0.2) is 30.4 Å². The van der Waals surface area contributed by atoms with Crippen molar-refractivity contribution in [3.8, 4) is 5.75 Å². The third kappa shape index (κ3) is 4.51. The number of carbonyl (C=O) groups is 1. The lowest BCUT2D eigenvalue weighted by Gasteiger charge is -1.98. The van der Waals surface area contributed by atoms with Crippen LogP contribution in [0.2, 0.25) is 0 Å². The normalized spacial score (nSPS) is 13.1. The summed E-state index contributed by atoms with van der Waals surface area (Å²) in [6.07, 6.45) is 5.04. The summed E-state index contributed by atoms with van der Waals surface area (Å²) in [4.78, 5) is 14.3. The maximum absolute atomic E-state index is 10.5. The quantitative estimate of drug-likeness (QED) is 0.793. The first-order valence-electron chi connectivity index (χ1n) is 5.20. The predicted octanol–water partition coefficient (Wildman–Crippen LogP) is 2.25. The van der Waals surface area contributed by atoms with Crippen molar-refractivity contribution in [1.82, 2.24) is 0 Å². The van der Waals surface area contributed by atoms with E-state index >= 15 is 0 Å². The molecular weight excluding hydrogens is 218 g/mol. The Bertz CT molecular complexity index is 421. The molecule has 1 aromatic rings. The number of rotatable bonds is 5. The summed E-state index contributed by atoms with van der Waals surface area (Å²) < 4.78 is 5.04. The first kappa shape index (κ1) is 13.0. The van der Waals surface area contributed by atoms with Gasteiger partial charge < -0.3 is 9.84 Å². The Labute approximate surface area is 100 Å². The summed E-state index contributed by atoms with van der Waals surface area (Å²) in [5.74, 6) is -0.130. The van der Waals surface area contributed by atoms with Crippen molar-refractivity contribution >= 4 is 18.3 Å². The number of ether oxygens (including phenoxy) is 1. The van der Waals surface area contributed by atoms with Gasteiger partial charge in [0.25, 0.3) is 0 Å². The van der Waals surface area contributed by atoms with E-state index < -0.39 is 12.0 Å². The molecule has 0 aliphatic heterocycles. The van der Waals surface area contributed by atoms with Crippen LogP contribution in [0, 0.1) is 0 Å². The van der Waals surface area contributed by atoms with Crippen LogP contribution in [0.4, 0.5) is 0 Å². The van der Waals surface area contributed by atoms with E-state index in [0.29, 0.717) is 0 Å². The van der Waals surface area contributed by atoms with E-state index in [1.165, 1.54) is 13.1 Å². The Morgan fingerprint density at radius 3 is 2.59 bits per heavy atom. The smallest absolute Gasteiger partial charge is 0.328 e. The van der Waals surface area contributed by atoms with Crippen LogP contribution in [0.3, 0.4) is 0 Å². The minimum absolute atomic E-state index is 0.712. The fraction of sp³-hybridized carbons (Fsp3) is 0.231. The lowest BCUT2D eigenvalue weighted by Crippen LogP contribution is -2.12. The van der Waals surface area contributed by atoms with E-state index in [0.717, 1.165) is 11.3 Å². The minimum Gasteiger partial charge on any atom is -0.497 e. The molecule has 0 radical (unpaired) electrons. The Morgan fingerprint density at radius 2 is 2.06 bits per heavy atom.